The van der Waals surface area contributed by atoms with Crippen LogP contribution in [0.15, 0.2) is 23.6 Å². The molecule has 0 atom stereocenters. The average molecular weight is 260 g/mol. The Hall–Kier alpha value is -1.68. The van der Waals surface area contributed by atoms with Crippen molar-refractivity contribution >= 4 is 22.9 Å². The molecule has 3 nitrogen and oxygen atoms in total. The van der Waals surface area contributed by atoms with Crippen molar-refractivity contribution in [3.63, 3.8) is 0 Å². The largest absolute Gasteiger partial charge is 0.326 e. The Morgan fingerprint density at radius 3 is 2.67 bits per heavy atom. The van der Waals surface area contributed by atoms with Crippen LogP contribution in [0.25, 0.3) is 0 Å². The zero-order chi connectivity index (χ0) is 13.1. The summed E-state index contributed by atoms with van der Waals surface area (Å²) in [5.74, 6) is -0.0207. The van der Waals surface area contributed by atoms with E-state index in [1.165, 1.54) is 22.5 Å². The topological polar surface area (TPSA) is 42.0 Å². The Morgan fingerprint density at radius 1 is 1.28 bits per heavy atom. The second kappa shape index (κ2) is 5.31. The van der Waals surface area contributed by atoms with Crippen LogP contribution in [0, 0.1) is 20.8 Å². The first kappa shape index (κ1) is 12.8. The molecule has 0 saturated heterocycles. The minimum absolute atomic E-state index is 0.0207. The first-order valence-electron chi connectivity index (χ1n) is 5.82. The number of anilines is 1. The van der Waals surface area contributed by atoms with E-state index < -0.39 is 0 Å². The quantitative estimate of drug-likeness (QED) is 0.920. The van der Waals surface area contributed by atoms with Gasteiger partial charge in [-0.3, -0.25) is 4.79 Å². The summed E-state index contributed by atoms with van der Waals surface area (Å²) in [6.45, 7) is 6.02. The monoisotopic (exact) mass is 260 g/mol. The zero-order valence-corrected chi connectivity index (χ0v) is 11.6. The predicted molar refractivity (Wildman–Crippen MR) is 75.1 cm³/mol. The third-order valence-electron chi connectivity index (χ3n) is 2.77. The number of nitrogens with one attached hydrogen (secondary N) is 1. The van der Waals surface area contributed by atoms with Crippen molar-refractivity contribution in [2.75, 3.05) is 5.32 Å². The molecule has 1 aromatic carbocycles. The molecule has 1 N–H and O–H groups in total. The van der Waals surface area contributed by atoms with E-state index in [0.717, 1.165) is 16.4 Å². The average Bonchev–Trinajstić information content (AvgIpc) is 2.69. The van der Waals surface area contributed by atoms with Crippen molar-refractivity contribution in [1.82, 2.24) is 4.98 Å². The summed E-state index contributed by atoms with van der Waals surface area (Å²) in [5.41, 5.74) is 4.21. The van der Waals surface area contributed by atoms with E-state index in [9.17, 15) is 4.79 Å². The van der Waals surface area contributed by atoms with E-state index >= 15 is 0 Å². The number of nitrogens with zero attached hydrogens (tertiary/aromatic N) is 1. The summed E-state index contributed by atoms with van der Waals surface area (Å²) in [5, 5.41) is 5.71. The Kier molecular flexibility index (Phi) is 3.77. The summed E-state index contributed by atoms with van der Waals surface area (Å²) >= 11 is 1.52. The van der Waals surface area contributed by atoms with Crippen LogP contribution in [0.3, 0.4) is 0 Å². The fraction of sp³-hybridized carbons (Fsp3) is 0.286. The number of rotatable bonds is 3. The Balaban J connectivity index is 2.00. The normalized spacial score (nSPS) is 10.4. The van der Waals surface area contributed by atoms with Crippen molar-refractivity contribution in [3.8, 4) is 0 Å². The number of benzene rings is 1. The van der Waals surface area contributed by atoms with Gasteiger partial charge in [0.1, 0.15) is 5.01 Å². The van der Waals surface area contributed by atoms with E-state index in [0.29, 0.717) is 6.42 Å². The smallest absolute Gasteiger partial charge is 0.231 e. The molecule has 1 amide bonds. The van der Waals surface area contributed by atoms with Gasteiger partial charge in [0, 0.05) is 16.8 Å². The molecule has 2 rings (SSSR count). The summed E-state index contributed by atoms with van der Waals surface area (Å²) in [6, 6.07) is 5.92. The van der Waals surface area contributed by atoms with E-state index in [1.807, 2.05) is 37.4 Å². The number of carbonyl (C=O) groups is 1. The van der Waals surface area contributed by atoms with E-state index in [4.69, 9.17) is 0 Å². The molecule has 0 spiro atoms. The number of aryl methyl sites for hydroxylation is 3. The second-order valence-corrected chi connectivity index (χ2v) is 5.35. The van der Waals surface area contributed by atoms with Crippen LogP contribution in [0.4, 0.5) is 5.69 Å². The lowest BCUT2D eigenvalue weighted by Crippen LogP contribution is -2.14. The van der Waals surface area contributed by atoms with Crippen LogP contribution < -0.4 is 5.32 Å². The van der Waals surface area contributed by atoms with Crippen molar-refractivity contribution in [3.05, 3.63) is 45.4 Å². The van der Waals surface area contributed by atoms with Crippen LogP contribution in [0.5, 0.6) is 0 Å². The summed E-state index contributed by atoms with van der Waals surface area (Å²) < 4.78 is 0. The maximum atomic E-state index is 11.8. The number of thiazole rings is 1. The van der Waals surface area contributed by atoms with Gasteiger partial charge in [0.15, 0.2) is 0 Å². The molecule has 0 fully saturated rings. The Morgan fingerprint density at radius 2 is 2.06 bits per heavy atom. The van der Waals surface area contributed by atoms with Gasteiger partial charge in [-0.1, -0.05) is 6.07 Å². The molecule has 1 heterocycles. The molecule has 18 heavy (non-hydrogen) atoms. The van der Waals surface area contributed by atoms with Crippen LogP contribution in [-0.2, 0) is 11.2 Å². The first-order valence-corrected chi connectivity index (χ1v) is 6.70. The van der Waals surface area contributed by atoms with Crippen LogP contribution >= 0.6 is 11.3 Å². The van der Waals surface area contributed by atoms with Crippen molar-refractivity contribution < 1.29 is 4.79 Å². The minimum atomic E-state index is -0.0207. The molecular weight excluding hydrogens is 244 g/mol. The van der Waals surface area contributed by atoms with Gasteiger partial charge in [-0.25, -0.2) is 4.98 Å². The van der Waals surface area contributed by atoms with Gasteiger partial charge < -0.3 is 5.32 Å². The summed E-state index contributed by atoms with van der Waals surface area (Å²) in [6.07, 6.45) is 0.339. The number of hydrogen-bond donors (Lipinski definition) is 1. The minimum Gasteiger partial charge on any atom is -0.326 e. The van der Waals surface area contributed by atoms with Crippen molar-refractivity contribution in [2.45, 2.75) is 27.2 Å². The fourth-order valence-electron chi connectivity index (χ4n) is 1.65. The van der Waals surface area contributed by atoms with Crippen LogP contribution in [0.2, 0.25) is 0 Å². The molecule has 0 radical (unpaired) electrons. The van der Waals surface area contributed by atoms with Gasteiger partial charge in [0.2, 0.25) is 5.91 Å². The van der Waals surface area contributed by atoms with Gasteiger partial charge in [-0.2, -0.15) is 0 Å². The molecule has 0 aliphatic carbocycles. The lowest BCUT2D eigenvalue weighted by atomic mass is 10.1. The standard InChI is InChI=1S/C14H16N2OS/c1-9-4-5-12(6-10(9)2)16-13(17)7-14-15-11(3)8-18-14/h4-6,8H,7H2,1-3H3,(H,16,17). The predicted octanol–water partition coefficient (Wildman–Crippen LogP) is 3.25. The number of amides is 1. The number of carbonyl (C=O) groups excluding carboxylic acids is 1. The van der Waals surface area contributed by atoms with Gasteiger partial charge in [0.05, 0.1) is 6.42 Å². The fourth-order valence-corrected chi connectivity index (χ4v) is 2.42. The highest BCUT2D eigenvalue weighted by Gasteiger charge is 2.07. The molecule has 4 heteroatoms. The van der Waals surface area contributed by atoms with Gasteiger partial charge in [0.25, 0.3) is 0 Å². The molecular formula is C14H16N2OS. The van der Waals surface area contributed by atoms with Crippen molar-refractivity contribution in [1.29, 1.82) is 0 Å². The second-order valence-electron chi connectivity index (χ2n) is 4.41. The van der Waals surface area contributed by atoms with Gasteiger partial charge in [-0.05, 0) is 44.0 Å². The van der Waals surface area contributed by atoms with Crippen molar-refractivity contribution in [2.24, 2.45) is 0 Å². The summed E-state index contributed by atoms with van der Waals surface area (Å²) in [7, 11) is 0. The molecule has 0 aliphatic heterocycles. The lowest BCUT2D eigenvalue weighted by Gasteiger charge is -2.06. The number of aromatic nitrogens is 1. The molecule has 1 aromatic heterocycles. The highest BCUT2D eigenvalue weighted by molar-refractivity contribution is 7.09. The molecule has 0 bridgehead atoms. The van der Waals surface area contributed by atoms with Gasteiger partial charge >= 0.3 is 0 Å². The SMILES string of the molecule is Cc1csc(CC(=O)Nc2ccc(C)c(C)c2)n1. The van der Waals surface area contributed by atoms with Gasteiger partial charge in [-0.15, -0.1) is 11.3 Å². The highest BCUT2D eigenvalue weighted by atomic mass is 32.1. The van der Waals surface area contributed by atoms with Crippen LogP contribution in [-0.4, -0.2) is 10.9 Å². The van der Waals surface area contributed by atoms with Crippen LogP contribution in [0.1, 0.15) is 21.8 Å². The Labute approximate surface area is 111 Å². The lowest BCUT2D eigenvalue weighted by molar-refractivity contribution is -0.115. The molecule has 94 valence electrons. The van der Waals surface area contributed by atoms with E-state index in [1.54, 1.807) is 0 Å². The zero-order valence-electron chi connectivity index (χ0n) is 10.8. The third kappa shape index (κ3) is 3.17. The third-order valence-corrected chi connectivity index (χ3v) is 3.74. The first-order chi connectivity index (χ1) is 8.54. The molecule has 0 unspecified atom stereocenters. The van der Waals surface area contributed by atoms with E-state index in [2.05, 4.69) is 17.2 Å². The molecule has 0 saturated carbocycles. The summed E-state index contributed by atoms with van der Waals surface area (Å²) in [4.78, 5) is 16.1. The number of hydrogen-bond acceptors (Lipinski definition) is 3. The maximum absolute atomic E-state index is 11.8. The highest BCUT2D eigenvalue weighted by Crippen LogP contribution is 2.15. The Bertz CT molecular complexity index is 575. The maximum Gasteiger partial charge on any atom is 0.231 e. The van der Waals surface area contributed by atoms with E-state index in [-0.39, 0.29) is 5.91 Å². The molecule has 0 aliphatic rings. The molecule has 2 aromatic rings.